The average molecular weight is 283 g/mol. The number of aromatic hydroxyl groups is 1. The second kappa shape index (κ2) is 5.46. The van der Waals surface area contributed by atoms with Crippen LogP contribution < -0.4 is 5.32 Å². The van der Waals surface area contributed by atoms with Crippen molar-refractivity contribution in [3.8, 4) is 5.75 Å². The normalized spacial score (nSPS) is 17.3. The minimum Gasteiger partial charge on any atom is -0.508 e. The maximum atomic E-state index is 9.57. The van der Waals surface area contributed by atoms with Crippen molar-refractivity contribution in [1.29, 1.82) is 0 Å². The van der Waals surface area contributed by atoms with Gasteiger partial charge in [0.25, 0.3) is 0 Å². The number of amidine groups is 1. The van der Waals surface area contributed by atoms with E-state index in [2.05, 4.69) is 10.3 Å². The van der Waals surface area contributed by atoms with E-state index >= 15 is 0 Å². The zero-order valence-corrected chi connectivity index (χ0v) is 11.7. The van der Waals surface area contributed by atoms with Gasteiger partial charge < -0.3 is 20.4 Å². The first-order valence-corrected chi connectivity index (χ1v) is 6.77. The molecule has 0 radical (unpaired) electrons. The van der Waals surface area contributed by atoms with Gasteiger partial charge in [0.1, 0.15) is 17.4 Å². The molecule has 0 fully saturated rings. The van der Waals surface area contributed by atoms with Crippen molar-refractivity contribution < 1.29 is 10.2 Å². The van der Waals surface area contributed by atoms with Gasteiger partial charge in [-0.15, -0.1) is 0 Å². The van der Waals surface area contributed by atoms with Gasteiger partial charge in [0.05, 0.1) is 13.2 Å². The SMILES string of the molecule is CC1=CC=CN2CC(CO)=C(Nc3ccc(O)cc3)N=C12. The standard InChI is InChI=1S/C16H17N3O2/c1-11-3-2-8-19-9-12(10-20)15(18-16(11)19)17-13-4-6-14(21)7-5-13/h2-8,17,20-21H,9-10H2,1H3. The Hall–Kier alpha value is -2.53. The molecule has 0 saturated heterocycles. The lowest BCUT2D eigenvalue weighted by atomic mass is 10.1. The van der Waals surface area contributed by atoms with Crippen LogP contribution in [-0.2, 0) is 0 Å². The highest BCUT2D eigenvalue weighted by molar-refractivity contribution is 6.01. The molecule has 2 heterocycles. The Bertz CT molecular complexity index is 669. The zero-order valence-electron chi connectivity index (χ0n) is 11.7. The smallest absolute Gasteiger partial charge is 0.138 e. The second-order valence-electron chi connectivity index (χ2n) is 5.04. The fraction of sp³-hybridized carbons (Fsp3) is 0.188. The summed E-state index contributed by atoms with van der Waals surface area (Å²) in [4.78, 5) is 6.64. The average Bonchev–Trinajstić information content (AvgIpc) is 2.50. The minimum absolute atomic E-state index is 0.0513. The number of anilines is 1. The van der Waals surface area contributed by atoms with Crippen molar-refractivity contribution in [2.45, 2.75) is 6.92 Å². The van der Waals surface area contributed by atoms with Gasteiger partial charge in [0, 0.05) is 17.5 Å². The summed E-state index contributed by atoms with van der Waals surface area (Å²) in [6.07, 6.45) is 5.94. The van der Waals surface area contributed by atoms with E-state index in [1.165, 1.54) is 0 Å². The molecule has 0 spiro atoms. The summed E-state index contributed by atoms with van der Waals surface area (Å²) in [7, 11) is 0. The van der Waals surface area contributed by atoms with Crippen LogP contribution in [0.15, 0.2) is 64.6 Å². The molecular formula is C16H17N3O2. The molecule has 0 aliphatic carbocycles. The van der Waals surface area contributed by atoms with E-state index < -0.39 is 0 Å². The Morgan fingerprint density at radius 2 is 2.05 bits per heavy atom. The van der Waals surface area contributed by atoms with Crippen LogP contribution in [0.1, 0.15) is 6.92 Å². The van der Waals surface area contributed by atoms with Crippen molar-refractivity contribution >= 4 is 11.5 Å². The molecule has 2 aliphatic heterocycles. The molecule has 0 unspecified atom stereocenters. The first-order valence-electron chi connectivity index (χ1n) is 6.77. The van der Waals surface area contributed by atoms with Crippen LogP contribution in [0.3, 0.4) is 0 Å². The van der Waals surface area contributed by atoms with Gasteiger partial charge in [-0.3, -0.25) is 0 Å². The van der Waals surface area contributed by atoms with E-state index in [0.29, 0.717) is 12.4 Å². The van der Waals surface area contributed by atoms with Crippen molar-refractivity contribution in [1.82, 2.24) is 4.90 Å². The zero-order chi connectivity index (χ0) is 14.8. The van der Waals surface area contributed by atoms with Gasteiger partial charge in [-0.05, 0) is 42.8 Å². The van der Waals surface area contributed by atoms with E-state index in [-0.39, 0.29) is 12.4 Å². The summed E-state index contributed by atoms with van der Waals surface area (Å²) in [5.41, 5.74) is 2.73. The molecule has 3 rings (SSSR count). The molecular weight excluding hydrogens is 266 g/mol. The van der Waals surface area contributed by atoms with Crippen LogP contribution in [-0.4, -0.2) is 34.1 Å². The largest absolute Gasteiger partial charge is 0.508 e. The Morgan fingerprint density at radius 1 is 1.29 bits per heavy atom. The second-order valence-corrected chi connectivity index (χ2v) is 5.04. The summed E-state index contributed by atoms with van der Waals surface area (Å²) in [5, 5.41) is 22.1. The van der Waals surface area contributed by atoms with E-state index in [1.807, 2.05) is 30.2 Å². The van der Waals surface area contributed by atoms with Crippen LogP contribution in [0.2, 0.25) is 0 Å². The highest BCUT2D eigenvalue weighted by Crippen LogP contribution is 2.24. The maximum absolute atomic E-state index is 9.57. The summed E-state index contributed by atoms with van der Waals surface area (Å²) < 4.78 is 0. The Morgan fingerprint density at radius 3 is 2.76 bits per heavy atom. The highest BCUT2D eigenvalue weighted by atomic mass is 16.3. The summed E-state index contributed by atoms with van der Waals surface area (Å²) >= 11 is 0. The molecule has 0 saturated carbocycles. The number of phenols is 1. The number of phenolic OH excluding ortho intramolecular Hbond substituents is 1. The number of rotatable bonds is 3. The van der Waals surface area contributed by atoms with Crippen LogP contribution in [0.5, 0.6) is 5.75 Å². The third-order valence-electron chi connectivity index (χ3n) is 3.47. The van der Waals surface area contributed by atoms with Gasteiger partial charge in [0.15, 0.2) is 0 Å². The first-order chi connectivity index (χ1) is 10.2. The molecule has 0 bridgehead atoms. The van der Waals surface area contributed by atoms with E-state index in [0.717, 1.165) is 22.7 Å². The molecule has 0 amide bonds. The molecule has 0 atom stereocenters. The number of nitrogens with zero attached hydrogens (tertiary/aromatic N) is 2. The number of hydrogen-bond donors (Lipinski definition) is 3. The number of benzene rings is 1. The van der Waals surface area contributed by atoms with E-state index in [1.54, 1.807) is 24.3 Å². The minimum atomic E-state index is -0.0513. The fourth-order valence-electron chi connectivity index (χ4n) is 2.33. The number of hydrogen-bond acceptors (Lipinski definition) is 5. The Labute approximate surface area is 123 Å². The summed E-state index contributed by atoms with van der Waals surface area (Å²) in [6, 6.07) is 6.76. The predicted molar refractivity (Wildman–Crippen MR) is 82.9 cm³/mol. The number of aliphatic hydroxyl groups is 1. The number of aliphatic hydroxyl groups excluding tert-OH is 1. The van der Waals surface area contributed by atoms with E-state index in [9.17, 15) is 10.2 Å². The number of nitrogens with one attached hydrogen (secondary N) is 1. The van der Waals surface area contributed by atoms with Crippen LogP contribution in [0.4, 0.5) is 5.69 Å². The molecule has 5 nitrogen and oxygen atoms in total. The lowest BCUT2D eigenvalue weighted by Crippen LogP contribution is -2.35. The quantitative estimate of drug-likeness (QED) is 0.744. The maximum Gasteiger partial charge on any atom is 0.138 e. The van der Waals surface area contributed by atoms with Crippen LogP contribution in [0.25, 0.3) is 0 Å². The molecule has 1 aromatic carbocycles. The monoisotopic (exact) mass is 283 g/mol. The molecule has 1 aromatic rings. The van der Waals surface area contributed by atoms with Crippen molar-refractivity contribution in [3.63, 3.8) is 0 Å². The van der Waals surface area contributed by atoms with Gasteiger partial charge >= 0.3 is 0 Å². The molecule has 5 heteroatoms. The summed E-state index contributed by atoms with van der Waals surface area (Å²) in [6.45, 7) is 2.57. The fourth-order valence-corrected chi connectivity index (χ4v) is 2.33. The number of allylic oxidation sites excluding steroid dienone is 2. The van der Waals surface area contributed by atoms with Gasteiger partial charge in [-0.2, -0.15) is 0 Å². The lowest BCUT2D eigenvalue weighted by molar-refractivity contribution is 0.319. The third-order valence-corrected chi connectivity index (χ3v) is 3.47. The predicted octanol–water partition coefficient (Wildman–Crippen LogP) is 2.20. The topological polar surface area (TPSA) is 68.1 Å². The summed E-state index contributed by atoms with van der Waals surface area (Å²) in [5.74, 6) is 1.77. The van der Waals surface area contributed by atoms with E-state index in [4.69, 9.17) is 0 Å². The van der Waals surface area contributed by atoms with Gasteiger partial charge in [-0.25, -0.2) is 4.99 Å². The molecule has 3 N–H and O–H groups in total. The van der Waals surface area contributed by atoms with Crippen LogP contribution in [0, 0.1) is 0 Å². The molecule has 2 aliphatic rings. The third kappa shape index (κ3) is 2.68. The number of fused-ring (bicyclic) bond motifs is 1. The highest BCUT2D eigenvalue weighted by Gasteiger charge is 2.22. The van der Waals surface area contributed by atoms with Crippen molar-refractivity contribution in [2.24, 2.45) is 4.99 Å². The molecule has 0 aromatic heterocycles. The molecule has 108 valence electrons. The first kappa shape index (κ1) is 13.5. The Kier molecular flexibility index (Phi) is 3.50. The van der Waals surface area contributed by atoms with Gasteiger partial charge in [0.2, 0.25) is 0 Å². The molecule has 21 heavy (non-hydrogen) atoms. The van der Waals surface area contributed by atoms with Crippen molar-refractivity contribution in [3.05, 3.63) is 59.6 Å². The lowest BCUT2D eigenvalue weighted by Gasteiger charge is -2.31. The van der Waals surface area contributed by atoms with Crippen molar-refractivity contribution in [2.75, 3.05) is 18.5 Å². The number of aliphatic imine (C=N–C) groups is 1. The van der Waals surface area contributed by atoms with Gasteiger partial charge in [-0.1, -0.05) is 6.08 Å². The van der Waals surface area contributed by atoms with Crippen LogP contribution >= 0.6 is 0 Å². The Balaban J connectivity index is 1.92.